The molecule has 0 radical (unpaired) electrons. The molecule has 1 aliphatic carbocycles. The molecule has 0 aromatic heterocycles. The van der Waals surface area contributed by atoms with Gasteiger partial charge in [-0.25, -0.2) is 0 Å². The highest BCUT2D eigenvalue weighted by atomic mass is 14.2. The predicted molar refractivity (Wildman–Crippen MR) is 128 cm³/mol. The molecule has 0 amide bonds. The maximum atomic E-state index is 3.43. The Kier molecular flexibility index (Phi) is 12.1. The Morgan fingerprint density at radius 3 is 2.21 bits per heavy atom. The number of benzene rings is 1. The van der Waals surface area contributed by atoms with Crippen LogP contribution in [0.2, 0.25) is 0 Å². The first-order valence-electron chi connectivity index (χ1n) is 12.1. The molecule has 0 atom stereocenters. The zero-order chi connectivity index (χ0) is 20.6. The first kappa shape index (κ1) is 23.4. The molecule has 0 saturated heterocycles. The van der Waals surface area contributed by atoms with Crippen LogP contribution in [-0.4, -0.2) is 0 Å². The van der Waals surface area contributed by atoms with Gasteiger partial charge < -0.3 is 0 Å². The maximum absolute atomic E-state index is 3.43. The Labute approximate surface area is 180 Å². The van der Waals surface area contributed by atoms with Gasteiger partial charge in [-0.3, -0.25) is 0 Å². The van der Waals surface area contributed by atoms with E-state index >= 15 is 0 Å². The van der Waals surface area contributed by atoms with Crippen LogP contribution in [0.25, 0.3) is 0 Å². The van der Waals surface area contributed by atoms with Crippen molar-refractivity contribution in [1.82, 2.24) is 0 Å². The van der Waals surface area contributed by atoms with Crippen molar-refractivity contribution < 1.29 is 0 Å². The third-order valence-electron chi connectivity index (χ3n) is 6.09. The average molecular weight is 389 g/mol. The summed E-state index contributed by atoms with van der Waals surface area (Å²) in [7, 11) is 0. The molecule has 1 aliphatic rings. The summed E-state index contributed by atoms with van der Waals surface area (Å²) in [5.41, 5.74) is 2.51. The first-order chi connectivity index (χ1) is 14.3. The average Bonchev–Trinajstić information content (AvgIpc) is 2.76. The number of unbranched alkanes of at least 4 members (excludes halogenated alkanes) is 5. The summed E-state index contributed by atoms with van der Waals surface area (Å²) in [6.07, 6.45) is 21.2. The summed E-state index contributed by atoms with van der Waals surface area (Å²) >= 11 is 0. The monoisotopic (exact) mass is 388 g/mol. The molecule has 1 fully saturated rings. The molecule has 0 nitrogen and oxygen atoms in total. The van der Waals surface area contributed by atoms with Gasteiger partial charge in [0.1, 0.15) is 0 Å². The smallest absolute Gasteiger partial charge is 0.0249 e. The van der Waals surface area contributed by atoms with E-state index in [4.69, 9.17) is 0 Å². The van der Waals surface area contributed by atoms with Crippen LogP contribution in [-0.2, 0) is 6.42 Å². The lowest BCUT2D eigenvalue weighted by molar-refractivity contribution is 0.296. The van der Waals surface area contributed by atoms with E-state index in [1.165, 1.54) is 89.0 Å². The second-order valence-electron chi connectivity index (χ2n) is 8.61. The Morgan fingerprint density at radius 2 is 1.48 bits per heavy atom. The maximum Gasteiger partial charge on any atom is 0.0249 e. The van der Waals surface area contributed by atoms with Crippen LogP contribution in [0, 0.1) is 35.5 Å². The summed E-state index contributed by atoms with van der Waals surface area (Å²) in [4.78, 5) is 0. The lowest BCUT2D eigenvalue weighted by Crippen LogP contribution is -2.13. The third kappa shape index (κ3) is 10.4. The third-order valence-corrected chi connectivity index (χ3v) is 6.09. The van der Waals surface area contributed by atoms with Crippen molar-refractivity contribution in [3.05, 3.63) is 47.5 Å². The van der Waals surface area contributed by atoms with Crippen LogP contribution in [0.5, 0.6) is 0 Å². The van der Waals surface area contributed by atoms with Crippen molar-refractivity contribution in [3.63, 3.8) is 0 Å². The number of aryl methyl sites for hydroxylation is 1. The summed E-state index contributed by atoms with van der Waals surface area (Å²) in [6, 6.07) is 8.74. The lowest BCUT2D eigenvalue weighted by Gasteiger charge is -2.25. The van der Waals surface area contributed by atoms with E-state index in [-0.39, 0.29) is 0 Å². The molecule has 156 valence electrons. The van der Waals surface area contributed by atoms with Gasteiger partial charge in [-0.1, -0.05) is 94.6 Å². The fraction of sp³-hybridized carbons (Fsp3) is 0.586. The second-order valence-corrected chi connectivity index (χ2v) is 8.61. The van der Waals surface area contributed by atoms with Gasteiger partial charge in [-0.15, -0.1) is 0 Å². The number of allylic oxidation sites excluding steroid dienone is 2. The molecule has 0 spiro atoms. The molecule has 0 unspecified atom stereocenters. The second kappa shape index (κ2) is 15.0. The highest BCUT2D eigenvalue weighted by molar-refractivity contribution is 5.39. The van der Waals surface area contributed by atoms with Crippen molar-refractivity contribution in [2.75, 3.05) is 0 Å². The molecule has 1 saturated carbocycles. The van der Waals surface area contributed by atoms with Gasteiger partial charge in [0.25, 0.3) is 0 Å². The van der Waals surface area contributed by atoms with Gasteiger partial charge in [0.2, 0.25) is 0 Å². The molecule has 1 aromatic carbocycles. The zero-order valence-electron chi connectivity index (χ0n) is 18.8. The van der Waals surface area contributed by atoms with Gasteiger partial charge in [0, 0.05) is 11.5 Å². The lowest BCUT2D eigenvalue weighted by atomic mass is 9.80. The van der Waals surface area contributed by atoms with E-state index in [9.17, 15) is 0 Å². The fourth-order valence-corrected chi connectivity index (χ4v) is 4.15. The molecule has 0 heterocycles. The van der Waals surface area contributed by atoms with Gasteiger partial charge in [0.15, 0.2) is 0 Å². The van der Waals surface area contributed by atoms with Gasteiger partial charge in [-0.05, 0) is 74.3 Å². The summed E-state index contributed by atoms with van der Waals surface area (Å²) in [5.74, 6) is 14.5. The largest absolute Gasteiger partial charge is 0.0951 e. The van der Waals surface area contributed by atoms with E-state index in [0.29, 0.717) is 5.92 Å². The van der Waals surface area contributed by atoms with E-state index in [0.717, 1.165) is 11.5 Å². The van der Waals surface area contributed by atoms with Crippen LogP contribution in [0.15, 0.2) is 36.4 Å². The van der Waals surface area contributed by atoms with E-state index < -0.39 is 0 Å². The number of rotatable bonds is 9. The summed E-state index contributed by atoms with van der Waals surface area (Å²) in [6.45, 7) is 4.55. The van der Waals surface area contributed by atoms with Crippen LogP contribution in [0.3, 0.4) is 0 Å². The molecular weight excluding hydrogens is 348 g/mol. The zero-order valence-corrected chi connectivity index (χ0v) is 18.8. The van der Waals surface area contributed by atoms with Crippen LogP contribution in [0.1, 0.15) is 102 Å². The minimum Gasteiger partial charge on any atom is -0.0951 e. The molecule has 2 rings (SSSR count). The Hall–Kier alpha value is -1.92. The topological polar surface area (TPSA) is 0 Å². The highest BCUT2D eigenvalue weighted by Gasteiger charge is 2.18. The van der Waals surface area contributed by atoms with Crippen LogP contribution < -0.4 is 0 Å². The van der Waals surface area contributed by atoms with Gasteiger partial charge >= 0.3 is 0 Å². The van der Waals surface area contributed by atoms with E-state index in [2.05, 4.69) is 61.8 Å². The van der Waals surface area contributed by atoms with Crippen molar-refractivity contribution >= 4 is 0 Å². The molecule has 0 heteroatoms. The predicted octanol–water partition coefficient (Wildman–Crippen LogP) is 8.11. The van der Waals surface area contributed by atoms with Crippen molar-refractivity contribution in [2.45, 2.75) is 97.3 Å². The van der Waals surface area contributed by atoms with E-state index in [1.807, 2.05) is 12.2 Å². The Balaban J connectivity index is 1.67. The first-order valence-corrected chi connectivity index (χ1v) is 12.1. The van der Waals surface area contributed by atoms with E-state index in [1.54, 1.807) is 0 Å². The summed E-state index contributed by atoms with van der Waals surface area (Å²) in [5, 5.41) is 0. The molecule has 29 heavy (non-hydrogen) atoms. The van der Waals surface area contributed by atoms with Crippen molar-refractivity contribution in [2.24, 2.45) is 11.8 Å². The molecule has 0 bridgehead atoms. The van der Waals surface area contributed by atoms with Crippen LogP contribution in [0.4, 0.5) is 0 Å². The Bertz CT molecular complexity index is 690. The van der Waals surface area contributed by atoms with Crippen LogP contribution >= 0.6 is 0 Å². The Morgan fingerprint density at radius 1 is 0.793 bits per heavy atom. The minimum absolute atomic E-state index is 0.597. The fourth-order valence-electron chi connectivity index (χ4n) is 4.15. The number of hydrogen-bond acceptors (Lipinski definition) is 0. The summed E-state index contributed by atoms with van der Waals surface area (Å²) < 4.78 is 0. The quantitative estimate of drug-likeness (QED) is 0.296. The van der Waals surface area contributed by atoms with Crippen molar-refractivity contribution in [3.8, 4) is 23.7 Å². The highest BCUT2D eigenvalue weighted by Crippen LogP contribution is 2.31. The normalized spacial score (nSPS) is 18.7. The molecule has 0 aliphatic heterocycles. The molecule has 1 aromatic rings. The SMILES string of the molecule is CCCCCCCc1ccc(C#C/C=C/C#C[C@H]2CC[C@H](CCCC)CC2)cc1. The van der Waals surface area contributed by atoms with Crippen molar-refractivity contribution in [1.29, 1.82) is 0 Å². The number of hydrogen-bond donors (Lipinski definition) is 0. The van der Waals surface area contributed by atoms with Gasteiger partial charge in [-0.2, -0.15) is 0 Å². The molecule has 0 N–H and O–H groups in total. The standard InChI is InChI=1S/C29H40/c1-3-5-7-8-11-15-27-22-24-29(25-23-27)17-13-10-9-12-16-28-20-18-26(19-21-28)14-6-4-2/h9-10,22-26,28H,3-8,11,14-15,18-21H2,1-2H3/b10-9+/t26-,28-. The molecular formula is C29H40. The minimum atomic E-state index is 0.597. The van der Waals surface area contributed by atoms with Gasteiger partial charge in [0.05, 0.1) is 0 Å².